The van der Waals surface area contributed by atoms with Crippen LogP contribution in [-0.4, -0.2) is 16.4 Å². The van der Waals surface area contributed by atoms with Gasteiger partial charge < -0.3 is 0 Å². The molecule has 0 aliphatic heterocycles. The van der Waals surface area contributed by atoms with E-state index in [-0.39, 0.29) is 6.42 Å². The van der Waals surface area contributed by atoms with Gasteiger partial charge in [0.25, 0.3) is 0 Å². The van der Waals surface area contributed by atoms with Gasteiger partial charge in [-0.1, -0.05) is 0 Å². The van der Waals surface area contributed by atoms with Crippen LogP contribution in [0.5, 0.6) is 0 Å². The van der Waals surface area contributed by atoms with Gasteiger partial charge >= 0.3 is 5.38 Å². The third-order valence-electron chi connectivity index (χ3n) is 1.80. The number of aromatic nitrogens is 1. The molecular formula is C8H9BrClF2N3. The Hall–Kier alpha value is -0.300. The lowest BCUT2D eigenvalue weighted by molar-refractivity contribution is 0.0499. The normalized spacial score (nSPS) is 13.9. The van der Waals surface area contributed by atoms with Gasteiger partial charge in [-0.2, -0.15) is 8.78 Å². The Morgan fingerprint density at radius 3 is 2.67 bits per heavy atom. The van der Waals surface area contributed by atoms with E-state index in [1.807, 2.05) is 5.43 Å². The van der Waals surface area contributed by atoms with E-state index in [1.54, 1.807) is 12.1 Å². The molecule has 1 atom stereocenters. The van der Waals surface area contributed by atoms with E-state index >= 15 is 0 Å². The fraction of sp³-hybridized carbons (Fsp3) is 0.375. The molecule has 1 unspecified atom stereocenters. The smallest absolute Gasteiger partial charge is 0.271 e. The van der Waals surface area contributed by atoms with Crippen molar-refractivity contribution in [2.24, 2.45) is 5.84 Å². The lowest BCUT2D eigenvalue weighted by Crippen LogP contribution is -2.47. The molecule has 1 rings (SSSR count). The topological polar surface area (TPSA) is 50.9 Å². The van der Waals surface area contributed by atoms with Crippen LogP contribution < -0.4 is 11.3 Å². The molecule has 0 bridgehead atoms. The van der Waals surface area contributed by atoms with Crippen LogP contribution in [0.2, 0.25) is 0 Å². The van der Waals surface area contributed by atoms with Crippen molar-refractivity contribution in [1.29, 1.82) is 0 Å². The minimum Gasteiger partial charge on any atom is -0.271 e. The summed E-state index contributed by atoms with van der Waals surface area (Å²) in [5.74, 6) is 4.99. The van der Waals surface area contributed by atoms with Crippen LogP contribution in [0, 0.1) is 0 Å². The van der Waals surface area contributed by atoms with Crippen LogP contribution in [0.25, 0.3) is 0 Å². The number of hydrogen-bond acceptors (Lipinski definition) is 3. The molecule has 0 amide bonds. The minimum atomic E-state index is -3.40. The zero-order chi connectivity index (χ0) is 11.5. The Balaban J connectivity index is 2.71. The second-order valence-electron chi connectivity index (χ2n) is 2.93. The van der Waals surface area contributed by atoms with Crippen molar-refractivity contribution in [2.45, 2.75) is 17.8 Å². The lowest BCUT2D eigenvalue weighted by Gasteiger charge is -2.19. The maximum absolute atomic E-state index is 12.7. The summed E-state index contributed by atoms with van der Waals surface area (Å²) < 4.78 is 26.3. The lowest BCUT2D eigenvalue weighted by atomic mass is 10.1. The minimum absolute atomic E-state index is 0.0414. The zero-order valence-electron chi connectivity index (χ0n) is 7.55. The second kappa shape index (κ2) is 5.16. The fourth-order valence-corrected chi connectivity index (χ4v) is 1.38. The summed E-state index contributed by atoms with van der Waals surface area (Å²) in [5.41, 5.74) is 2.46. The van der Waals surface area contributed by atoms with Gasteiger partial charge in [-0.05, 0) is 39.7 Å². The van der Waals surface area contributed by atoms with Gasteiger partial charge in [0, 0.05) is 22.8 Å². The van der Waals surface area contributed by atoms with E-state index in [0.717, 1.165) is 4.47 Å². The summed E-state index contributed by atoms with van der Waals surface area (Å²) in [6.07, 6.45) is 1.48. The van der Waals surface area contributed by atoms with E-state index in [2.05, 4.69) is 20.9 Å². The molecule has 0 aromatic carbocycles. The highest BCUT2D eigenvalue weighted by molar-refractivity contribution is 9.10. The van der Waals surface area contributed by atoms with Crippen molar-refractivity contribution in [3.8, 4) is 0 Å². The van der Waals surface area contributed by atoms with Crippen molar-refractivity contribution in [3.05, 3.63) is 28.5 Å². The number of pyridine rings is 1. The Bertz CT molecular complexity index is 315. The second-order valence-corrected chi connectivity index (χ2v) is 4.35. The summed E-state index contributed by atoms with van der Waals surface area (Å²) in [5, 5.41) is -3.40. The average Bonchev–Trinajstić information content (AvgIpc) is 2.15. The van der Waals surface area contributed by atoms with Gasteiger partial charge in [0.05, 0.1) is 0 Å². The molecule has 15 heavy (non-hydrogen) atoms. The van der Waals surface area contributed by atoms with Gasteiger partial charge in [-0.15, -0.1) is 0 Å². The molecule has 0 aliphatic carbocycles. The average molecular weight is 301 g/mol. The van der Waals surface area contributed by atoms with E-state index in [0.29, 0.717) is 5.69 Å². The number of nitrogens with zero attached hydrogens (tertiary/aromatic N) is 1. The van der Waals surface area contributed by atoms with Crippen molar-refractivity contribution < 1.29 is 8.78 Å². The third kappa shape index (κ3) is 3.98. The van der Waals surface area contributed by atoms with Crippen molar-refractivity contribution in [1.82, 2.24) is 10.4 Å². The first kappa shape index (κ1) is 12.8. The van der Waals surface area contributed by atoms with Gasteiger partial charge in [0.15, 0.2) is 0 Å². The maximum atomic E-state index is 12.7. The van der Waals surface area contributed by atoms with E-state index < -0.39 is 11.4 Å². The number of hydrazine groups is 1. The predicted molar refractivity (Wildman–Crippen MR) is 57.6 cm³/mol. The highest BCUT2D eigenvalue weighted by Gasteiger charge is 2.36. The zero-order valence-corrected chi connectivity index (χ0v) is 9.89. The Labute approximate surface area is 99.1 Å². The van der Waals surface area contributed by atoms with Gasteiger partial charge in [-0.3, -0.25) is 10.8 Å². The van der Waals surface area contributed by atoms with Crippen molar-refractivity contribution in [3.63, 3.8) is 0 Å². The number of nitrogens with two attached hydrogens (primary N) is 1. The van der Waals surface area contributed by atoms with E-state index in [4.69, 9.17) is 17.4 Å². The Morgan fingerprint density at radius 1 is 1.60 bits per heavy atom. The van der Waals surface area contributed by atoms with Crippen molar-refractivity contribution >= 4 is 27.5 Å². The molecule has 3 N–H and O–H groups in total. The molecule has 84 valence electrons. The summed E-state index contributed by atoms with van der Waals surface area (Å²) >= 11 is 8.06. The SMILES string of the molecule is NNC(Cc1ccc(Br)cn1)C(F)(F)Cl. The van der Waals surface area contributed by atoms with Gasteiger partial charge in [0.2, 0.25) is 0 Å². The van der Waals surface area contributed by atoms with E-state index in [1.165, 1.54) is 6.20 Å². The molecule has 0 saturated heterocycles. The first-order chi connectivity index (χ1) is 6.93. The predicted octanol–water partition coefficient (Wildman–Crippen LogP) is 2.05. The molecular weight excluding hydrogens is 291 g/mol. The van der Waals surface area contributed by atoms with Gasteiger partial charge in [-0.25, -0.2) is 5.43 Å². The first-order valence-corrected chi connectivity index (χ1v) is 5.24. The molecule has 3 nitrogen and oxygen atoms in total. The van der Waals surface area contributed by atoms with Crippen LogP contribution in [0.15, 0.2) is 22.8 Å². The fourth-order valence-electron chi connectivity index (χ4n) is 1.01. The molecule has 0 fully saturated rings. The van der Waals surface area contributed by atoms with E-state index in [9.17, 15) is 8.78 Å². The number of hydrogen-bond donors (Lipinski definition) is 2. The first-order valence-electron chi connectivity index (χ1n) is 4.06. The Kier molecular flexibility index (Phi) is 4.39. The number of rotatable bonds is 4. The van der Waals surface area contributed by atoms with Crippen LogP contribution in [0.3, 0.4) is 0 Å². The quantitative estimate of drug-likeness (QED) is 0.508. The number of halogens is 4. The summed E-state index contributed by atoms with van der Waals surface area (Å²) in [4.78, 5) is 3.95. The molecule has 0 saturated carbocycles. The number of nitrogens with one attached hydrogen (secondary N) is 1. The Morgan fingerprint density at radius 2 is 2.27 bits per heavy atom. The maximum Gasteiger partial charge on any atom is 0.338 e. The van der Waals surface area contributed by atoms with Crippen LogP contribution in [0.4, 0.5) is 8.78 Å². The molecule has 0 spiro atoms. The van der Waals surface area contributed by atoms with Crippen LogP contribution >= 0.6 is 27.5 Å². The standard InChI is InChI=1S/C8H9BrClF2N3/c9-5-1-2-6(14-4-5)3-7(15-13)8(10,11)12/h1-2,4,7,15H,3,13H2. The monoisotopic (exact) mass is 299 g/mol. The molecule has 1 aromatic heterocycles. The summed E-state index contributed by atoms with van der Waals surface area (Å²) in [7, 11) is 0. The largest absolute Gasteiger partial charge is 0.338 e. The summed E-state index contributed by atoms with van der Waals surface area (Å²) in [6, 6.07) is 1.99. The molecule has 0 aliphatic rings. The highest BCUT2D eigenvalue weighted by Crippen LogP contribution is 2.25. The van der Waals surface area contributed by atoms with Crippen molar-refractivity contribution in [2.75, 3.05) is 0 Å². The number of alkyl halides is 3. The molecule has 1 heterocycles. The van der Waals surface area contributed by atoms with Crippen LogP contribution in [-0.2, 0) is 6.42 Å². The summed E-state index contributed by atoms with van der Waals surface area (Å²) in [6.45, 7) is 0. The highest BCUT2D eigenvalue weighted by atomic mass is 79.9. The third-order valence-corrected chi connectivity index (χ3v) is 2.53. The molecule has 0 radical (unpaired) electrons. The molecule has 1 aromatic rings. The van der Waals surface area contributed by atoms with Crippen LogP contribution in [0.1, 0.15) is 5.69 Å². The van der Waals surface area contributed by atoms with Gasteiger partial charge in [0.1, 0.15) is 6.04 Å². The molecule has 7 heteroatoms.